The van der Waals surface area contributed by atoms with Crippen molar-refractivity contribution < 1.29 is 13.5 Å². The van der Waals surface area contributed by atoms with Gasteiger partial charge in [0.05, 0.1) is 21.1 Å². The van der Waals surface area contributed by atoms with Gasteiger partial charge in [-0.15, -0.1) is 0 Å². The molecule has 0 radical (unpaired) electrons. The minimum atomic E-state index is -3.76. The van der Waals surface area contributed by atoms with E-state index in [9.17, 15) is 13.5 Å². The minimum Gasteiger partial charge on any atom is -0.493 e. The van der Waals surface area contributed by atoms with Gasteiger partial charge < -0.3 is 5.11 Å². The summed E-state index contributed by atoms with van der Waals surface area (Å²) in [6, 6.07) is 14.2. The molecule has 9 heteroatoms. The number of nitrogens with two attached hydrogens (primary N) is 1. The Morgan fingerprint density at radius 1 is 1.09 bits per heavy atom. The van der Waals surface area contributed by atoms with E-state index in [1.54, 1.807) is 12.1 Å². The van der Waals surface area contributed by atoms with Crippen LogP contribution in [0.5, 0.6) is 5.88 Å². The molecule has 1 saturated carbocycles. The lowest BCUT2D eigenvalue weighted by Gasteiger charge is -2.23. The first-order chi connectivity index (χ1) is 15.9. The van der Waals surface area contributed by atoms with Crippen LogP contribution in [0.4, 0.5) is 11.4 Å². The number of rotatable bonds is 4. The predicted octanol–water partition coefficient (Wildman–Crippen LogP) is 4.90. The van der Waals surface area contributed by atoms with E-state index in [1.807, 2.05) is 41.1 Å². The van der Waals surface area contributed by atoms with Gasteiger partial charge in [-0.1, -0.05) is 48.8 Å². The van der Waals surface area contributed by atoms with Gasteiger partial charge in [-0.05, 0) is 49.2 Å². The topological polar surface area (TPSA) is 110 Å². The molecule has 1 aromatic heterocycles. The van der Waals surface area contributed by atoms with Gasteiger partial charge >= 0.3 is 0 Å². The van der Waals surface area contributed by atoms with Crippen LogP contribution in [0.15, 0.2) is 63.4 Å². The molecule has 2 aromatic carbocycles. The Balaban J connectivity index is 1.61. The average molecular weight is 481 g/mol. The number of aliphatic imine (C=N–C) groups is 1. The maximum atomic E-state index is 11.6. The van der Waals surface area contributed by atoms with E-state index in [0.717, 1.165) is 47.4 Å². The van der Waals surface area contributed by atoms with Crippen molar-refractivity contribution in [2.75, 3.05) is 0 Å². The average Bonchev–Trinajstić information content (AvgIpc) is 3.35. The molecule has 1 aliphatic heterocycles. The van der Waals surface area contributed by atoms with Crippen molar-refractivity contribution in [2.24, 2.45) is 15.1 Å². The number of fused-ring (bicyclic) bond motifs is 1. The van der Waals surface area contributed by atoms with Crippen LogP contribution in [0.3, 0.4) is 0 Å². The highest BCUT2D eigenvalue weighted by atomic mass is 32.2. The van der Waals surface area contributed by atoms with Crippen LogP contribution in [0, 0.1) is 0 Å². The van der Waals surface area contributed by atoms with Crippen LogP contribution in [0.2, 0.25) is 0 Å². The molecular weight excluding hydrogens is 456 g/mol. The van der Waals surface area contributed by atoms with Crippen molar-refractivity contribution in [3.05, 3.63) is 63.8 Å². The van der Waals surface area contributed by atoms with E-state index < -0.39 is 10.0 Å². The van der Waals surface area contributed by atoms with E-state index in [-0.39, 0.29) is 16.8 Å². The van der Waals surface area contributed by atoms with Crippen LogP contribution in [-0.4, -0.2) is 24.3 Å². The Kier molecular flexibility index (Phi) is 5.77. The smallest absolute Gasteiger partial charge is 0.238 e. The molecule has 170 valence electrons. The summed E-state index contributed by atoms with van der Waals surface area (Å²) in [6.45, 7) is 0. The summed E-state index contributed by atoms with van der Waals surface area (Å²) in [5.41, 5.74) is 3.49. The number of para-hydroxylation sites is 1. The number of aromatic nitrogens is 1. The maximum Gasteiger partial charge on any atom is 0.238 e. The fraction of sp³-hybridized carbons (Fsp3) is 0.250. The Labute approximate surface area is 196 Å². The van der Waals surface area contributed by atoms with Gasteiger partial charge in [-0.2, -0.15) is 0 Å². The van der Waals surface area contributed by atoms with E-state index in [1.165, 1.54) is 29.9 Å². The number of aromatic hydroxyl groups is 1. The third-order valence-corrected chi connectivity index (χ3v) is 7.95. The van der Waals surface area contributed by atoms with Gasteiger partial charge in [0.15, 0.2) is 4.80 Å². The fourth-order valence-corrected chi connectivity index (χ4v) is 5.93. The first-order valence-electron chi connectivity index (χ1n) is 10.9. The number of hydrogen-bond donors (Lipinski definition) is 2. The summed E-state index contributed by atoms with van der Waals surface area (Å²) in [7, 11) is -3.76. The molecular formula is C24H24N4O3S2. The van der Waals surface area contributed by atoms with Crippen molar-refractivity contribution in [1.82, 2.24) is 4.57 Å². The summed E-state index contributed by atoms with van der Waals surface area (Å²) < 4.78 is 25.0. The second kappa shape index (κ2) is 8.74. The maximum absolute atomic E-state index is 11.6. The lowest BCUT2D eigenvalue weighted by molar-refractivity contribution is 0.307. The molecule has 0 atom stereocenters. The monoisotopic (exact) mass is 480 g/mol. The molecule has 5 rings (SSSR count). The zero-order valence-electron chi connectivity index (χ0n) is 17.9. The van der Waals surface area contributed by atoms with Gasteiger partial charge in [-0.25, -0.2) is 18.5 Å². The van der Waals surface area contributed by atoms with Gasteiger partial charge in [0, 0.05) is 23.4 Å². The third-order valence-electron chi connectivity index (χ3n) is 6.03. The zero-order valence-corrected chi connectivity index (χ0v) is 19.5. The molecule has 33 heavy (non-hydrogen) atoms. The summed E-state index contributed by atoms with van der Waals surface area (Å²) in [4.78, 5) is 10.7. The van der Waals surface area contributed by atoms with Crippen LogP contribution in [0.25, 0.3) is 11.6 Å². The molecule has 2 heterocycles. The van der Waals surface area contributed by atoms with E-state index in [4.69, 9.17) is 10.1 Å². The quantitative estimate of drug-likeness (QED) is 0.554. The first-order valence-corrected chi connectivity index (χ1v) is 13.2. The standard InChI is InChI=1S/C24H24N4O3S2/c25-33(30,31)19-12-10-17(11-13-19)27-24-28(18-6-2-1-3-7-18)23(29)22(32-24)14-16-15-26-21-9-5-4-8-20(16)21/h4-5,8-15,18,29H,1-3,6-7H2,(H2,25,30,31). The van der Waals surface area contributed by atoms with Crippen molar-refractivity contribution in [3.63, 3.8) is 0 Å². The van der Waals surface area contributed by atoms with E-state index in [0.29, 0.717) is 10.5 Å². The van der Waals surface area contributed by atoms with Gasteiger partial charge in [0.1, 0.15) is 0 Å². The molecule has 0 spiro atoms. The molecule has 0 unspecified atom stereocenters. The number of thiazole rings is 1. The van der Waals surface area contributed by atoms with Crippen molar-refractivity contribution in [2.45, 2.75) is 43.0 Å². The Hall–Kier alpha value is -3.01. The zero-order chi connectivity index (χ0) is 23.0. The molecule has 7 nitrogen and oxygen atoms in total. The largest absolute Gasteiger partial charge is 0.493 e. The number of benzene rings is 2. The SMILES string of the molecule is NS(=O)(=O)c1ccc(N=c2sc(C=C3C=Nc4ccccc43)c(O)n2C2CCCCC2)cc1. The molecule has 3 aromatic rings. The normalized spacial score (nSPS) is 18.2. The molecule has 0 saturated heterocycles. The summed E-state index contributed by atoms with van der Waals surface area (Å²) >= 11 is 1.41. The fourth-order valence-electron chi connectivity index (χ4n) is 4.36. The number of sulfonamides is 1. The predicted molar refractivity (Wildman–Crippen MR) is 132 cm³/mol. The highest BCUT2D eigenvalue weighted by Gasteiger charge is 2.23. The van der Waals surface area contributed by atoms with E-state index >= 15 is 0 Å². The van der Waals surface area contributed by atoms with Crippen LogP contribution in [-0.2, 0) is 10.0 Å². The molecule has 2 aliphatic rings. The minimum absolute atomic E-state index is 0.0419. The number of nitrogens with zero attached hydrogens (tertiary/aromatic N) is 3. The lowest BCUT2D eigenvalue weighted by Crippen LogP contribution is -2.22. The molecule has 3 N–H and O–H groups in total. The van der Waals surface area contributed by atoms with Crippen molar-refractivity contribution in [3.8, 4) is 5.88 Å². The van der Waals surface area contributed by atoms with Gasteiger partial charge in [0.25, 0.3) is 0 Å². The van der Waals surface area contributed by atoms with Crippen LogP contribution >= 0.6 is 11.3 Å². The summed E-state index contributed by atoms with van der Waals surface area (Å²) in [5.74, 6) is 0.206. The number of primary sulfonamides is 1. The van der Waals surface area contributed by atoms with Crippen molar-refractivity contribution >= 4 is 50.6 Å². The number of allylic oxidation sites excluding steroid dienone is 1. The molecule has 0 bridgehead atoms. The molecule has 1 aliphatic carbocycles. The Bertz CT molecular complexity index is 1430. The van der Waals surface area contributed by atoms with E-state index in [2.05, 4.69) is 4.99 Å². The second-order valence-corrected chi connectivity index (χ2v) is 10.8. The van der Waals surface area contributed by atoms with Gasteiger partial charge in [0.2, 0.25) is 15.9 Å². The summed E-state index contributed by atoms with van der Waals surface area (Å²) in [6.07, 6.45) is 9.19. The summed E-state index contributed by atoms with van der Waals surface area (Å²) in [5, 5.41) is 16.4. The molecule has 1 fully saturated rings. The number of hydrogen-bond acceptors (Lipinski definition) is 6. The second-order valence-electron chi connectivity index (χ2n) is 8.26. The Morgan fingerprint density at radius 2 is 1.82 bits per heavy atom. The first kappa shape index (κ1) is 21.8. The van der Waals surface area contributed by atoms with Crippen LogP contribution in [0.1, 0.15) is 48.6 Å². The van der Waals surface area contributed by atoms with Gasteiger partial charge in [-0.3, -0.25) is 9.56 Å². The van der Waals surface area contributed by atoms with Crippen molar-refractivity contribution in [1.29, 1.82) is 0 Å². The highest BCUT2D eigenvalue weighted by Crippen LogP contribution is 2.37. The van der Waals surface area contributed by atoms with Crippen LogP contribution < -0.4 is 9.94 Å². The highest BCUT2D eigenvalue weighted by molar-refractivity contribution is 7.89. The lowest BCUT2D eigenvalue weighted by atomic mass is 9.95. The molecule has 0 amide bonds. The Morgan fingerprint density at radius 3 is 2.55 bits per heavy atom. The third kappa shape index (κ3) is 4.44.